The van der Waals surface area contributed by atoms with E-state index >= 15 is 0 Å². The average Bonchev–Trinajstić information content (AvgIpc) is 3.12. The van der Waals surface area contributed by atoms with E-state index in [-0.39, 0.29) is 5.91 Å². The van der Waals surface area contributed by atoms with Crippen molar-refractivity contribution in [3.8, 4) is 0 Å². The number of nitrogens with zero attached hydrogens (tertiary/aromatic N) is 3. The number of fused-ring (bicyclic) bond motifs is 3. The molecule has 1 fully saturated rings. The van der Waals surface area contributed by atoms with Crippen molar-refractivity contribution >= 4 is 22.5 Å². The fourth-order valence-corrected chi connectivity index (χ4v) is 4.54. The fraction of sp³-hybridized carbons (Fsp3) is 0.364. The monoisotopic (exact) mass is 378 g/mol. The van der Waals surface area contributed by atoms with E-state index in [1.807, 2.05) is 23.1 Å². The van der Waals surface area contributed by atoms with E-state index < -0.39 is 5.95 Å². The normalized spacial score (nSPS) is 17.0. The highest BCUT2D eigenvalue weighted by molar-refractivity contribution is 6.07. The summed E-state index contributed by atoms with van der Waals surface area (Å²) in [7, 11) is 0. The summed E-state index contributed by atoms with van der Waals surface area (Å²) in [6.45, 7) is 2.62. The number of aromatic amines is 1. The maximum atomic E-state index is 13.4. The van der Waals surface area contributed by atoms with Crippen molar-refractivity contribution in [1.82, 2.24) is 14.9 Å². The predicted octanol–water partition coefficient (Wildman–Crippen LogP) is 3.54. The zero-order chi connectivity index (χ0) is 19.1. The number of piperazine rings is 1. The third kappa shape index (κ3) is 2.93. The Hall–Kier alpha value is -2.89. The molecule has 5 rings (SSSR count). The largest absolute Gasteiger partial charge is 0.368 e. The van der Waals surface area contributed by atoms with E-state index in [1.54, 1.807) is 0 Å². The Kier molecular flexibility index (Phi) is 4.26. The summed E-state index contributed by atoms with van der Waals surface area (Å²) >= 11 is 0. The lowest BCUT2D eigenvalue weighted by Gasteiger charge is -2.36. The number of H-pyrrole nitrogens is 1. The van der Waals surface area contributed by atoms with E-state index in [0.29, 0.717) is 26.2 Å². The molecule has 1 aliphatic carbocycles. The van der Waals surface area contributed by atoms with E-state index in [1.165, 1.54) is 41.7 Å². The number of hydrogen-bond donors (Lipinski definition) is 1. The third-order valence-corrected chi connectivity index (χ3v) is 6.01. The number of carbonyl (C=O) groups excluding carboxylic acids is 1. The third-order valence-electron chi connectivity index (χ3n) is 6.01. The quantitative estimate of drug-likeness (QED) is 0.694. The van der Waals surface area contributed by atoms with Crippen LogP contribution in [0.3, 0.4) is 0 Å². The number of rotatable bonds is 2. The lowest BCUT2D eigenvalue weighted by molar-refractivity contribution is 0.0748. The van der Waals surface area contributed by atoms with Crippen molar-refractivity contribution in [2.45, 2.75) is 25.7 Å². The molecule has 5 nitrogen and oxygen atoms in total. The highest BCUT2D eigenvalue weighted by Crippen LogP contribution is 2.31. The van der Waals surface area contributed by atoms with Gasteiger partial charge >= 0.3 is 0 Å². The number of aryl methyl sites for hydroxylation is 2. The molecular weight excluding hydrogens is 355 g/mol. The number of amides is 1. The molecule has 0 saturated carbocycles. The standard InChI is InChI=1S/C22H23FN4O/c23-20-14-15(8-9-24-20)26-10-12-27(13-11-26)22(28)18-6-3-5-17-16-4-1-2-7-19(16)25-21(17)18/h3,5-6,8-9,14,25H,1-2,4,7,10-13H2. The van der Waals surface area contributed by atoms with Crippen molar-refractivity contribution in [1.29, 1.82) is 0 Å². The Balaban J connectivity index is 1.37. The second-order valence-corrected chi connectivity index (χ2v) is 7.63. The molecule has 1 aliphatic heterocycles. The Morgan fingerprint density at radius 1 is 1.07 bits per heavy atom. The Bertz CT molecular complexity index is 1040. The topological polar surface area (TPSA) is 52.2 Å². The number of benzene rings is 1. The lowest BCUT2D eigenvalue weighted by atomic mass is 9.95. The van der Waals surface area contributed by atoms with Crippen LogP contribution in [0, 0.1) is 5.95 Å². The van der Waals surface area contributed by atoms with Gasteiger partial charge in [0.15, 0.2) is 0 Å². The van der Waals surface area contributed by atoms with Gasteiger partial charge in [-0.2, -0.15) is 4.39 Å². The molecule has 6 heteroatoms. The van der Waals surface area contributed by atoms with Crippen LogP contribution in [-0.2, 0) is 12.8 Å². The summed E-state index contributed by atoms with van der Waals surface area (Å²) in [6, 6.07) is 9.31. The number of anilines is 1. The van der Waals surface area contributed by atoms with Crippen LogP contribution < -0.4 is 4.90 Å². The zero-order valence-corrected chi connectivity index (χ0v) is 15.7. The second-order valence-electron chi connectivity index (χ2n) is 7.63. The zero-order valence-electron chi connectivity index (χ0n) is 15.7. The summed E-state index contributed by atoms with van der Waals surface area (Å²) in [5.41, 5.74) is 5.25. The summed E-state index contributed by atoms with van der Waals surface area (Å²) < 4.78 is 13.4. The minimum atomic E-state index is -0.474. The van der Waals surface area contributed by atoms with E-state index in [4.69, 9.17) is 0 Å². The smallest absolute Gasteiger partial charge is 0.256 e. The van der Waals surface area contributed by atoms with Crippen LogP contribution >= 0.6 is 0 Å². The Morgan fingerprint density at radius 3 is 2.71 bits per heavy atom. The number of aromatic nitrogens is 2. The van der Waals surface area contributed by atoms with Crippen LogP contribution in [0.2, 0.25) is 0 Å². The maximum Gasteiger partial charge on any atom is 0.256 e. The highest BCUT2D eigenvalue weighted by atomic mass is 19.1. The Morgan fingerprint density at radius 2 is 1.89 bits per heavy atom. The first-order chi connectivity index (χ1) is 13.7. The minimum Gasteiger partial charge on any atom is -0.368 e. The van der Waals surface area contributed by atoms with Gasteiger partial charge in [-0.15, -0.1) is 0 Å². The maximum absolute atomic E-state index is 13.4. The fourth-order valence-electron chi connectivity index (χ4n) is 4.54. The summed E-state index contributed by atoms with van der Waals surface area (Å²) in [5.74, 6) is -0.400. The average molecular weight is 378 g/mol. The molecule has 28 heavy (non-hydrogen) atoms. The first-order valence-corrected chi connectivity index (χ1v) is 9.99. The molecule has 144 valence electrons. The molecule has 1 amide bonds. The SMILES string of the molecule is O=C(c1cccc2c3c([nH]c12)CCCC3)N1CCN(c2ccnc(F)c2)CC1. The second kappa shape index (κ2) is 6.93. The van der Waals surface area contributed by atoms with Crippen molar-refractivity contribution in [3.63, 3.8) is 0 Å². The van der Waals surface area contributed by atoms with Crippen LogP contribution in [0.15, 0.2) is 36.5 Å². The molecule has 0 unspecified atom stereocenters. The molecular formula is C22H23FN4O. The molecule has 3 heterocycles. The van der Waals surface area contributed by atoms with E-state index in [0.717, 1.165) is 29.6 Å². The highest BCUT2D eigenvalue weighted by Gasteiger charge is 2.25. The molecule has 1 saturated heterocycles. The van der Waals surface area contributed by atoms with E-state index in [9.17, 15) is 9.18 Å². The van der Waals surface area contributed by atoms with Crippen molar-refractivity contribution in [2.24, 2.45) is 0 Å². The van der Waals surface area contributed by atoms with Crippen LogP contribution in [-0.4, -0.2) is 47.0 Å². The van der Waals surface area contributed by atoms with Gasteiger partial charge in [-0.05, 0) is 43.4 Å². The van der Waals surface area contributed by atoms with Crippen molar-refractivity contribution < 1.29 is 9.18 Å². The van der Waals surface area contributed by atoms with Gasteiger partial charge in [0.25, 0.3) is 5.91 Å². The number of pyridine rings is 1. The van der Waals surface area contributed by atoms with Gasteiger partial charge in [0.2, 0.25) is 5.95 Å². The number of para-hydroxylation sites is 1. The Labute approximate surface area is 163 Å². The molecule has 0 bridgehead atoms. The van der Waals surface area contributed by atoms with Gasteiger partial charge in [0.1, 0.15) is 0 Å². The van der Waals surface area contributed by atoms with Crippen LogP contribution in [0.1, 0.15) is 34.5 Å². The molecule has 1 aromatic carbocycles. The van der Waals surface area contributed by atoms with Crippen molar-refractivity contribution in [3.05, 3.63) is 59.3 Å². The van der Waals surface area contributed by atoms with Gasteiger partial charge in [-0.3, -0.25) is 4.79 Å². The summed E-state index contributed by atoms with van der Waals surface area (Å²) in [5, 5.41) is 1.20. The van der Waals surface area contributed by atoms with Gasteiger partial charge in [0, 0.05) is 55.2 Å². The van der Waals surface area contributed by atoms with Gasteiger partial charge in [-0.25, -0.2) is 4.98 Å². The molecule has 2 aliphatic rings. The number of carbonyl (C=O) groups is 1. The lowest BCUT2D eigenvalue weighted by Crippen LogP contribution is -2.48. The summed E-state index contributed by atoms with van der Waals surface area (Å²) in [4.78, 5) is 24.4. The van der Waals surface area contributed by atoms with E-state index in [2.05, 4.69) is 20.9 Å². The number of nitrogens with one attached hydrogen (secondary N) is 1. The number of halogens is 1. The van der Waals surface area contributed by atoms with Gasteiger partial charge in [0.05, 0.1) is 11.1 Å². The summed E-state index contributed by atoms with van der Waals surface area (Å²) in [6.07, 6.45) is 6.07. The predicted molar refractivity (Wildman–Crippen MR) is 107 cm³/mol. The van der Waals surface area contributed by atoms with Crippen LogP contribution in [0.5, 0.6) is 0 Å². The minimum absolute atomic E-state index is 0.0738. The van der Waals surface area contributed by atoms with Crippen LogP contribution in [0.4, 0.5) is 10.1 Å². The molecule has 0 atom stereocenters. The molecule has 2 aromatic heterocycles. The first kappa shape index (κ1) is 17.2. The molecule has 0 radical (unpaired) electrons. The van der Waals surface area contributed by atoms with Crippen molar-refractivity contribution in [2.75, 3.05) is 31.1 Å². The van der Waals surface area contributed by atoms with Gasteiger partial charge in [-0.1, -0.05) is 12.1 Å². The number of hydrogen-bond acceptors (Lipinski definition) is 3. The van der Waals surface area contributed by atoms with Crippen LogP contribution in [0.25, 0.3) is 10.9 Å². The molecule has 1 N–H and O–H groups in total. The molecule has 3 aromatic rings. The first-order valence-electron chi connectivity index (χ1n) is 9.99. The molecule has 0 spiro atoms. The van der Waals surface area contributed by atoms with Gasteiger partial charge < -0.3 is 14.8 Å².